The van der Waals surface area contributed by atoms with E-state index in [0.717, 1.165) is 29.5 Å². The second-order valence-corrected chi connectivity index (χ2v) is 7.81. The Kier molecular flexibility index (Phi) is 4.81. The van der Waals surface area contributed by atoms with E-state index in [-0.39, 0.29) is 10.8 Å². The molecular formula is C19H22N2O3S. The number of rotatable bonds is 5. The standard InChI is InChI=1S/C19H22N2O3S/c1-3-13-6-5-7-14(4-2)19(13)21-25(23,24)16-9-10-17-15(12-16)8-11-18(22)20-17/h5-7,9-10,12,21H,3-4,8,11H2,1-2H3,(H,20,22). The van der Waals surface area contributed by atoms with E-state index < -0.39 is 10.0 Å². The first-order valence-corrected chi connectivity index (χ1v) is 9.99. The van der Waals surface area contributed by atoms with Crippen molar-refractivity contribution in [1.29, 1.82) is 0 Å². The number of amides is 1. The minimum atomic E-state index is -3.69. The summed E-state index contributed by atoms with van der Waals surface area (Å²) < 4.78 is 28.6. The Bertz CT molecular complexity index is 898. The molecule has 5 nitrogen and oxygen atoms in total. The smallest absolute Gasteiger partial charge is 0.261 e. The van der Waals surface area contributed by atoms with Gasteiger partial charge in [0, 0.05) is 12.1 Å². The second kappa shape index (κ2) is 6.88. The molecule has 1 heterocycles. The highest BCUT2D eigenvalue weighted by atomic mass is 32.2. The molecule has 0 fully saturated rings. The number of sulfonamides is 1. The van der Waals surface area contributed by atoms with E-state index in [0.29, 0.717) is 24.2 Å². The molecule has 3 rings (SSSR count). The molecule has 0 spiro atoms. The number of anilines is 2. The molecule has 0 aliphatic carbocycles. The lowest BCUT2D eigenvalue weighted by Crippen LogP contribution is -2.20. The molecule has 0 bridgehead atoms. The summed E-state index contributed by atoms with van der Waals surface area (Å²) >= 11 is 0. The van der Waals surface area contributed by atoms with Gasteiger partial charge in [-0.2, -0.15) is 0 Å². The van der Waals surface area contributed by atoms with Gasteiger partial charge in [0.1, 0.15) is 0 Å². The third-order valence-electron chi connectivity index (χ3n) is 4.52. The first-order valence-electron chi connectivity index (χ1n) is 8.51. The molecular weight excluding hydrogens is 336 g/mol. The first kappa shape index (κ1) is 17.5. The van der Waals surface area contributed by atoms with Crippen LogP contribution in [0.2, 0.25) is 0 Å². The molecule has 1 amide bonds. The lowest BCUT2D eigenvalue weighted by molar-refractivity contribution is -0.116. The summed E-state index contributed by atoms with van der Waals surface area (Å²) in [5.41, 5.74) is 4.18. The zero-order valence-electron chi connectivity index (χ0n) is 14.4. The molecule has 6 heteroatoms. The van der Waals surface area contributed by atoms with Crippen molar-refractivity contribution in [2.45, 2.75) is 44.4 Å². The van der Waals surface area contributed by atoms with E-state index in [1.54, 1.807) is 12.1 Å². The Morgan fingerprint density at radius 3 is 2.36 bits per heavy atom. The maximum Gasteiger partial charge on any atom is 0.261 e. The average Bonchev–Trinajstić information content (AvgIpc) is 2.61. The molecule has 0 saturated heterocycles. The van der Waals surface area contributed by atoms with Gasteiger partial charge in [0.15, 0.2) is 0 Å². The Labute approximate surface area is 148 Å². The predicted octanol–water partition coefficient (Wildman–Crippen LogP) is 3.50. The summed E-state index contributed by atoms with van der Waals surface area (Å²) in [5, 5.41) is 2.77. The van der Waals surface area contributed by atoms with Crippen LogP contribution in [0.4, 0.5) is 11.4 Å². The highest BCUT2D eigenvalue weighted by Gasteiger charge is 2.21. The summed E-state index contributed by atoms with van der Waals surface area (Å²) in [6, 6.07) is 10.7. The zero-order valence-corrected chi connectivity index (χ0v) is 15.2. The van der Waals surface area contributed by atoms with Crippen LogP contribution < -0.4 is 10.0 Å². The maximum absolute atomic E-state index is 12.9. The highest BCUT2D eigenvalue weighted by molar-refractivity contribution is 7.92. The summed E-state index contributed by atoms with van der Waals surface area (Å²) in [5.74, 6) is -0.0364. The van der Waals surface area contributed by atoms with Crippen LogP contribution >= 0.6 is 0 Å². The van der Waals surface area contributed by atoms with Gasteiger partial charge in [-0.05, 0) is 54.2 Å². The highest BCUT2D eigenvalue weighted by Crippen LogP contribution is 2.29. The van der Waals surface area contributed by atoms with Crippen molar-refractivity contribution < 1.29 is 13.2 Å². The van der Waals surface area contributed by atoms with E-state index >= 15 is 0 Å². The van der Waals surface area contributed by atoms with E-state index in [2.05, 4.69) is 10.0 Å². The van der Waals surface area contributed by atoms with Crippen molar-refractivity contribution in [3.05, 3.63) is 53.1 Å². The number of carbonyl (C=O) groups is 1. The number of benzene rings is 2. The van der Waals surface area contributed by atoms with Gasteiger partial charge in [0.05, 0.1) is 10.6 Å². The minimum absolute atomic E-state index is 0.0364. The van der Waals surface area contributed by atoms with Gasteiger partial charge >= 0.3 is 0 Å². The van der Waals surface area contributed by atoms with E-state index in [4.69, 9.17) is 0 Å². The van der Waals surface area contributed by atoms with E-state index in [9.17, 15) is 13.2 Å². The number of para-hydroxylation sites is 1. The quantitative estimate of drug-likeness (QED) is 0.859. The fourth-order valence-corrected chi connectivity index (χ4v) is 4.29. The summed E-state index contributed by atoms with van der Waals surface area (Å²) in [4.78, 5) is 11.7. The molecule has 25 heavy (non-hydrogen) atoms. The van der Waals surface area contributed by atoms with E-state index in [1.807, 2.05) is 32.0 Å². The number of fused-ring (bicyclic) bond motifs is 1. The monoisotopic (exact) mass is 358 g/mol. The molecule has 0 saturated carbocycles. The van der Waals surface area contributed by atoms with E-state index in [1.165, 1.54) is 6.07 Å². The molecule has 2 N–H and O–H groups in total. The van der Waals surface area contributed by atoms with Gasteiger partial charge in [-0.15, -0.1) is 0 Å². The Balaban J connectivity index is 1.97. The average molecular weight is 358 g/mol. The molecule has 1 aliphatic heterocycles. The number of carbonyl (C=O) groups excluding carboxylic acids is 1. The minimum Gasteiger partial charge on any atom is -0.326 e. The summed E-state index contributed by atoms with van der Waals surface area (Å²) in [6.45, 7) is 4.02. The summed E-state index contributed by atoms with van der Waals surface area (Å²) in [7, 11) is -3.69. The molecule has 0 unspecified atom stereocenters. The molecule has 132 valence electrons. The van der Waals surface area contributed by atoms with Gasteiger partial charge in [0.2, 0.25) is 5.91 Å². The van der Waals surface area contributed by atoms with Gasteiger partial charge < -0.3 is 5.32 Å². The SMILES string of the molecule is CCc1cccc(CC)c1NS(=O)(=O)c1ccc2c(c1)CCC(=O)N2. The zero-order chi connectivity index (χ0) is 18.0. The third kappa shape index (κ3) is 3.54. The number of hydrogen-bond donors (Lipinski definition) is 2. The van der Waals surface area contributed by atoms with Gasteiger partial charge in [-0.1, -0.05) is 32.0 Å². The third-order valence-corrected chi connectivity index (χ3v) is 5.87. The summed E-state index contributed by atoms with van der Waals surface area (Å²) in [6.07, 6.45) is 2.43. The molecule has 2 aromatic carbocycles. The first-order chi connectivity index (χ1) is 11.9. The van der Waals surface area contributed by atoms with Crippen molar-refractivity contribution in [3.8, 4) is 0 Å². The predicted molar refractivity (Wildman–Crippen MR) is 99.4 cm³/mol. The lowest BCUT2D eigenvalue weighted by Gasteiger charge is -2.19. The van der Waals surface area contributed by atoms with Crippen LogP contribution in [0.15, 0.2) is 41.3 Å². The van der Waals surface area contributed by atoms with Crippen molar-refractivity contribution in [1.82, 2.24) is 0 Å². The van der Waals surface area contributed by atoms with Crippen LogP contribution in [0.1, 0.15) is 37.0 Å². The van der Waals surface area contributed by atoms with Crippen molar-refractivity contribution in [2.75, 3.05) is 10.0 Å². The number of nitrogens with one attached hydrogen (secondary N) is 2. The number of hydrogen-bond acceptors (Lipinski definition) is 3. The van der Waals surface area contributed by atoms with Gasteiger partial charge in [-0.3, -0.25) is 9.52 Å². The maximum atomic E-state index is 12.9. The van der Waals surface area contributed by atoms with Crippen LogP contribution in [0.25, 0.3) is 0 Å². The topological polar surface area (TPSA) is 75.3 Å². The molecule has 1 aliphatic rings. The van der Waals surface area contributed by atoms with Gasteiger partial charge in [-0.25, -0.2) is 8.42 Å². The van der Waals surface area contributed by atoms with Crippen molar-refractivity contribution in [3.63, 3.8) is 0 Å². The van der Waals surface area contributed by atoms with Gasteiger partial charge in [0.25, 0.3) is 10.0 Å². The fraction of sp³-hybridized carbons (Fsp3) is 0.316. The van der Waals surface area contributed by atoms with Crippen molar-refractivity contribution in [2.24, 2.45) is 0 Å². The van der Waals surface area contributed by atoms with Crippen molar-refractivity contribution >= 4 is 27.3 Å². The fourth-order valence-electron chi connectivity index (χ4n) is 3.09. The largest absolute Gasteiger partial charge is 0.326 e. The molecule has 0 radical (unpaired) electrons. The number of aryl methyl sites for hydroxylation is 3. The van der Waals surface area contributed by atoms with Crippen LogP contribution in [-0.4, -0.2) is 14.3 Å². The van der Waals surface area contributed by atoms with Crippen LogP contribution in [-0.2, 0) is 34.1 Å². The lowest BCUT2D eigenvalue weighted by atomic mass is 10.0. The van der Waals surface area contributed by atoms with Crippen LogP contribution in [0.3, 0.4) is 0 Å². The van der Waals surface area contributed by atoms with Crippen LogP contribution in [0, 0.1) is 0 Å². The molecule has 2 aromatic rings. The normalized spacial score (nSPS) is 13.9. The van der Waals surface area contributed by atoms with Crippen LogP contribution in [0.5, 0.6) is 0 Å². The second-order valence-electron chi connectivity index (χ2n) is 6.13. The Hall–Kier alpha value is -2.34. The molecule has 0 atom stereocenters. The Morgan fingerprint density at radius 1 is 1.04 bits per heavy atom. The Morgan fingerprint density at radius 2 is 1.72 bits per heavy atom. The molecule has 0 aromatic heterocycles.